The molecule has 1 aliphatic heterocycles. The third-order valence-corrected chi connectivity index (χ3v) is 4.10. The molecular weight excluding hydrogens is 200 g/mol. The second-order valence-corrected chi connectivity index (χ2v) is 6.00. The number of hydrogen-bond acceptors (Lipinski definition) is 3. The normalized spacial score (nSPS) is 36.0. The highest BCUT2D eigenvalue weighted by molar-refractivity contribution is 4.84. The van der Waals surface area contributed by atoms with Gasteiger partial charge in [-0.1, -0.05) is 13.8 Å². The quantitative estimate of drug-likeness (QED) is 0.766. The van der Waals surface area contributed by atoms with Crippen LogP contribution in [-0.2, 0) is 0 Å². The third kappa shape index (κ3) is 3.72. The predicted molar refractivity (Wildman–Crippen MR) is 68.3 cm³/mol. The third-order valence-electron chi connectivity index (χ3n) is 4.10. The Hall–Kier alpha value is -0.120. The number of hydrogen-bond donors (Lipinski definition) is 2. The van der Waals surface area contributed by atoms with E-state index in [-0.39, 0.29) is 0 Å². The lowest BCUT2D eigenvalue weighted by molar-refractivity contribution is 0.0210. The number of likely N-dealkylation sites (tertiary alicyclic amines) is 1. The summed E-state index contributed by atoms with van der Waals surface area (Å²) in [6, 6.07) is 0.629. The lowest BCUT2D eigenvalue weighted by Crippen LogP contribution is -2.48. The van der Waals surface area contributed by atoms with E-state index in [1.54, 1.807) is 0 Å². The van der Waals surface area contributed by atoms with Gasteiger partial charge >= 0.3 is 0 Å². The first-order valence-corrected chi connectivity index (χ1v) is 6.52. The molecule has 1 fully saturated rings. The van der Waals surface area contributed by atoms with E-state index in [1.807, 2.05) is 6.92 Å². The Labute approximate surface area is 100 Å². The van der Waals surface area contributed by atoms with Crippen molar-refractivity contribution in [2.75, 3.05) is 19.6 Å². The summed E-state index contributed by atoms with van der Waals surface area (Å²) in [5.41, 5.74) is 4.84. The van der Waals surface area contributed by atoms with Crippen LogP contribution in [0, 0.1) is 11.8 Å². The second kappa shape index (κ2) is 5.48. The standard InChI is InChI=1S/C13H28N2O/c1-10-7-11(2)12(3)15(8-10)6-5-13(4,16)9-14/h10-12,16H,5-9,14H2,1-4H3. The van der Waals surface area contributed by atoms with Crippen LogP contribution in [0.4, 0.5) is 0 Å². The number of piperidine rings is 1. The highest BCUT2D eigenvalue weighted by Crippen LogP contribution is 2.27. The molecule has 4 atom stereocenters. The molecule has 0 aromatic heterocycles. The summed E-state index contributed by atoms with van der Waals surface area (Å²) in [5.74, 6) is 1.53. The van der Waals surface area contributed by atoms with Gasteiger partial charge in [0.2, 0.25) is 0 Å². The molecule has 0 aromatic rings. The molecule has 0 amide bonds. The van der Waals surface area contributed by atoms with E-state index in [4.69, 9.17) is 5.73 Å². The van der Waals surface area contributed by atoms with Crippen LogP contribution in [0.5, 0.6) is 0 Å². The lowest BCUT2D eigenvalue weighted by Gasteiger charge is -2.42. The molecular formula is C13H28N2O. The largest absolute Gasteiger partial charge is 0.389 e. The van der Waals surface area contributed by atoms with Crippen molar-refractivity contribution in [2.24, 2.45) is 17.6 Å². The van der Waals surface area contributed by atoms with E-state index in [2.05, 4.69) is 25.7 Å². The zero-order valence-corrected chi connectivity index (χ0v) is 11.2. The molecule has 96 valence electrons. The molecule has 0 saturated carbocycles. The molecule has 3 nitrogen and oxygen atoms in total. The maximum absolute atomic E-state index is 9.92. The fourth-order valence-corrected chi connectivity index (χ4v) is 2.61. The van der Waals surface area contributed by atoms with Gasteiger partial charge in [-0.3, -0.25) is 0 Å². The summed E-state index contributed by atoms with van der Waals surface area (Å²) < 4.78 is 0. The first kappa shape index (κ1) is 13.9. The zero-order valence-electron chi connectivity index (χ0n) is 11.2. The van der Waals surface area contributed by atoms with Crippen molar-refractivity contribution in [1.29, 1.82) is 0 Å². The van der Waals surface area contributed by atoms with E-state index in [9.17, 15) is 5.11 Å². The molecule has 4 unspecified atom stereocenters. The maximum Gasteiger partial charge on any atom is 0.0753 e. The molecule has 0 aromatic carbocycles. The number of nitrogens with zero attached hydrogens (tertiary/aromatic N) is 1. The van der Waals surface area contributed by atoms with Crippen molar-refractivity contribution in [1.82, 2.24) is 4.90 Å². The lowest BCUT2D eigenvalue weighted by atomic mass is 9.85. The van der Waals surface area contributed by atoms with Crippen molar-refractivity contribution in [3.8, 4) is 0 Å². The van der Waals surface area contributed by atoms with Crippen molar-refractivity contribution in [3.05, 3.63) is 0 Å². The first-order valence-electron chi connectivity index (χ1n) is 6.52. The fraction of sp³-hybridized carbons (Fsp3) is 1.00. The molecule has 0 aliphatic carbocycles. The predicted octanol–water partition coefficient (Wildman–Crippen LogP) is 1.45. The summed E-state index contributed by atoms with van der Waals surface area (Å²) >= 11 is 0. The van der Waals surface area contributed by atoms with Crippen LogP contribution in [0.15, 0.2) is 0 Å². The Morgan fingerprint density at radius 3 is 2.56 bits per heavy atom. The van der Waals surface area contributed by atoms with Crippen molar-refractivity contribution in [2.45, 2.75) is 52.2 Å². The molecule has 3 heteroatoms. The molecule has 3 N–H and O–H groups in total. The Morgan fingerprint density at radius 2 is 2.00 bits per heavy atom. The summed E-state index contributed by atoms with van der Waals surface area (Å²) in [6.07, 6.45) is 2.10. The molecule has 0 spiro atoms. The number of rotatable bonds is 4. The van der Waals surface area contributed by atoms with Gasteiger partial charge in [0.05, 0.1) is 5.60 Å². The van der Waals surface area contributed by atoms with E-state index in [0.717, 1.165) is 31.3 Å². The highest BCUT2D eigenvalue weighted by atomic mass is 16.3. The van der Waals surface area contributed by atoms with Gasteiger partial charge in [0, 0.05) is 25.7 Å². The minimum absolute atomic E-state index is 0.348. The van der Waals surface area contributed by atoms with E-state index < -0.39 is 5.60 Å². The average molecular weight is 228 g/mol. The number of nitrogens with two attached hydrogens (primary N) is 1. The second-order valence-electron chi connectivity index (χ2n) is 6.00. The minimum Gasteiger partial charge on any atom is -0.389 e. The van der Waals surface area contributed by atoms with E-state index in [0.29, 0.717) is 12.6 Å². The maximum atomic E-state index is 9.92. The monoisotopic (exact) mass is 228 g/mol. The first-order chi connectivity index (χ1) is 7.35. The van der Waals surface area contributed by atoms with Crippen molar-refractivity contribution >= 4 is 0 Å². The smallest absolute Gasteiger partial charge is 0.0753 e. The van der Waals surface area contributed by atoms with Gasteiger partial charge < -0.3 is 15.7 Å². The van der Waals surface area contributed by atoms with Crippen LogP contribution in [0.3, 0.4) is 0 Å². The van der Waals surface area contributed by atoms with E-state index in [1.165, 1.54) is 6.42 Å². The Balaban J connectivity index is 2.46. The Morgan fingerprint density at radius 1 is 1.38 bits per heavy atom. The van der Waals surface area contributed by atoms with Crippen LogP contribution >= 0.6 is 0 Å². The number of aliphatic hydroxyl groups is 1. The van der Waals surface area contributed by atoms with Gasteiger partial charge in [0.15, 0.2) is 0 Å². The molecule has 1 aliphatic rings. The fourth-order valence-electron chi connectivity index (χ4n) is 2.61. The van der Waals surface area contributed by atoms with Crippen LogP contribution in [0.1, 0.15) is 40.5 Å². The van der Waals surface area contributed by atoms with E-state index >= 15 is 0 Å². The van der Waals surface area contributed by atoms with Gasteiger partial charge in [-0.2, -0.15) is 0 Å². The molecule has 1 rings (SSSR count). The van der Waals surface area contributed by atoms with Gasteiger partial charge in [0.1, 0.15) is 0 Å². The van der Waals surface area contributed by atoms with Gasteiger partial charge in [-0.15, -0.1) is 0 Å². The summed E-state index contributed by atoms with van der Waals surface area (Å²) in [6.45, 7) is 11.2. The summed E-state index contributed by atoms with van der Waals surface area (Å²) in [4.78, 5) is 2.50. The average Bonchev–Trinajstić information content (AvgIpc) is 2.21. The van der Waals surface area contributed by atoms with Gasteiger partial charge in [-0.25, -0.2) is 0 Å². The molecule has 16 heavy (non-hydrogen) atoms. The van der Waals surface area contributed by atoms with Gasteiger partial charge in [0.25, 0.3) is 0 Å². The molecule has 1 saturated heterocycles. The van der Waals surface area contributed by atoms with Crippen LogP contribution in [0.25, 0.3) is 0 Å². The molecule has 0 radical (unpaired) electrons. The summed E-state index contributed by atoms with van der Waals surface area (Å²) in [5, 5.41) is 9.92. The SMILES string of the molecule is CC1CC(C)C(C)N(CCC(C)(O)CN)C1. The van der Waals surface area contributed by atoms with Crippen LogP contribution in [-0.4, -0.2) is 41.3 Å². The highest BCUT2D eigenvalue weighted by Gasteiger charge is 2.30. The summed E-state index contributed by atoms with van der Waals surface area (Å²) in [7, 11) is 0. The van der Waals surface area contributed by atoms with Crippen molar-refractivity contribution in [3.63, 3.8) is 0 Å². The Kier molecular flexibility index (Phi) is 4.77. The minimum atomic E-state index is -0.705. The van der Waals surface area contributed by atoms with Crippen molar-refractivity contribution < 1.29 is 5.11 Å². The Bertz CT molecular complexity index is 218. The topological polar surface area (TPSA) is 49.5 Å². The van der Waals surface area contributed by atoms with Crippen LogP contribution in [0.2, 0.25) is 0 Å². The van der Waals surface area contributed by atoms with Gasteiger partial charge in [-0.05, 0) is 38.5 Å². The molecule has 0 bridgehead atoms. The zero-order chi connectivity index (χ0) is 12.3. The van der Waals surface area contributed by atoms with Crippen LogP contribution < -0.4 is 5.73 Å². The molecule has 1 heterocycles.